The molecule has 0 saturated heterocycles. The van der Waals surface area contributed by atoms with Gasteiger partial charge in [-0.15, -0.1) is 0 Å². The Labute approximate surface area is 109 Å². The van der Waals surface area contributed by atoms with Crippen LogP contribution >= 0.6 is 19.8 Å². The van der Waals surface area contributed by atoms with Crippen molar-refractivity contribution in [3.05, 3.63) is 0 Å². The minimum atomic E-state index is -2.83. The van der Waals surface area contributed by atoms with E-state index in [0.29, 0.717) is 19.4 Å². The van der Waals surface area contributed by atoms with Crippen molar-refractivity contribution >= 4 is 25.0 Å². The maximum atomic E-state index is 12.1. The quantitative estimate of drug-likeness (QED) is 0.249. The SMILES string of the molecule is CCOP(=O)(CCCCCCN=C=S)OCC. The Morgan fingerprint density at radius 1 is 1.12 bits per heavy atom. The van der Waals surface area contributed by atoms with Gasteiger partial charge in [-0.3, -0.25) is 4.57 Å². The molecule has 0 saturated carbocycles. The van der Waals surface area contributed by atoms with Crippen molar-refractivity contribution in [3.8, 4) is 0 Å². The normalized spacial score (nSPS) is 11.2. The first-order valence-corrected chi connectivity index (χ1v) is 8.24. The molecule has 100 valence electrons. The molecule has 0 N–H and O–H groups in total. The van der Waals surface area contributed by atoms with E-state index in [0.717, 1.165) is 32.2 Å². The van der Waals surface area contributed by atoms with Crippen LogP contribution in [0.2, 0.25) is 0 Å². The zero-order valence-corrected chi connectivity index (χ0v) is 12.4. The molecular weight excluding hydrogens is 257 g/mol. The predicted octanol–water partition coefficient (Wildman–Crippen LogP) is 3.92. The Morgan fingerprint density at radius 2 is 1.71 bits per heavy atom. The first-order valence-electron chi connectivity index (χ1n) is 6.10. The van der Waals surface area contributed by atoms with E-state index in [9.17, 15) is 4.57 Å². The van der Waals surface area contributed by atoms with Crippen LogP contribution in [0.5, 0.6) is 0 Å². The molecule has 0 amide bonds. The highest BCUT2D eigenvalue weighted by Gasteiger charge is 2.22. The van der Waals surface area contributed by atoms with E-state index >= 15 is 0 Å². The Hall–Kier alpha value is -0.0500. The predicted molar refractivity (Wildman–Crippen MR) is 74.1 cm³/mol. The summed E-state index contributed by atoms with van der Waals surface area (Å²) in [4.78, 5) is 3.84. The summed E-state index contributed by atoms with van der Waals surface area (Å²) in [5, 5.41) is 2.34. The Balaban J connectivity index is 3.68. The molecule has 0 aromatic carbocycles. The minimum absolute atomic E-state index is 0.431. The summed E-state index contributed by atoms with van der Waals surface area (Å²) in [6.07, 6.45) is 4.43. The van der Waals surface area contributed by atoms with Crippen LogP contribution < -0.4 is 0 Å². The summed E-state index contributed by atoms with van der Waals surface area (Å²) in [5.41, 5.74) is 0. The van der Waals surface area contributed by atoms with Crippen LogP contribution in [0.25, 0.3) is 0 Å². The lowest BCUT2D eigenvalue weighted by Crippen LogP contribution is -2.00. The summed E-state index contributed by atoms with van der Waals surface area (Å²) in [5.74, 6) is 0. The van der Waals surface area contributed by atoms with Crippen LogP contribution in [0.1, 0.15) is 39.5 Å². The molecule has 0 atom stereocenters. The second-order valence-corrected chi connectivity index (χ2v) is 5.93. The Morgan fingerprint density at radius 3 is 2.24 bits per heavy atom. The fourth-order valence-electron chi connectivity index (χ4n) is 1.46. The van der Waals surface area contributed by atoms with Crippen molar-refractivity contribution < 1.29 is 13.6 Å². The summed E-state index contributed by atoms with van der Waals surface area (Å²) >= 11 is 4.47. The van der Waals surface area contributed by atoms with Crippen molar-refractivity contribution in [2.75, 3.05) is 25.9 Å². The van der Waals surface area contributed by atoms with Gasteiger partial charge in [0.15, 0.2) is 0 Å². The standard InChI is InChI=1S/C11H22NO3PS/c1-3-14-16(13,15-4-2)10-8-6-5-7-9-12-11-17/h3-10H2,1-2H3. The van der Waals surface area contributed by atoms with Crippen LogP contribution in [-0.4, -0.2) is 31.1 Å². The summed E-state index contributed by atoms with van der Waals surface area (Å²) < 4.78 is 22.5. The largest absolute Gasteiger partial charge is 0.330 e. The first-order chi connectivity index (χ1) is 8.18. The fraction of sp³-hybridized carbons (Fsp3) is 0.909. The molecule has 0 bridgehead atoms. The molecule has 0 rings (SSSR count). The molecule has 0 aliphatic rings. The van der Waals surface area contributed by atoms with Crippen LogP contribution in [0.15, 0.2) is 4.99 Å². The number of unbranched alkanes of at least 4 members (excludes halogenated alkanes) is 3. The molecule has 17 heavy (non-hydrogen) atoms. The number of thiocarbonyl (C=S) groups is 1. The number of isothiocyanates is 1. The van der Waals surface area contributed by atoms with E-state index < -0.39 is 7.60 Å². The maximum absolute atomic E-state index is 12.1. The van der Waals surface area contributed by atoms with E-state index in [1.165, 1.54) is 0 Å². The van der Waals surface area contributed by atoms with E-state index in [1.54, 1.807) is 0 Å². The summed E-state index contributed by atoms with van der Waals surface area (Å²) in [6.45, 7) is 5.25. The number of hydrogen-bond acceptors (Lipinski definition) is 5. The van der Waals surface area contributed by atoms with Crippen LogP contribution in [0, 0.1) is 0 Å². The zero-order chi connectivity index (χ0) is 13.0. The van der Waals surface area contributed by atoms with E-state index in [2.05, 4.69) is 22.4 Å². The second-order valence-electron chi connectivity index (χ2n) is 3.56. The van der Waals surface area contributed by atoms with Gasteiger partial charge in [-0.2, -0.15) is 0 Å². The molecule has 4 nitrogen and oxygen atoms in total. The molecule has 6 heteroatoms. The van der Waals surface area contributed by atoms with Gasteiger partial charge < -0.3 is 9.05 Å². The third-order valence-corrected chi connectivity index (χ3v) is 4.46. The van der Waals surface area contributed by atoms with Crippen molar-refractivity contribution in [2.24, 2.45) is 4.99 Å². The average Bonchev–Trinajstić information content (AvgIpc) is 2.28. The Bertz CT molecular complexity index is 270. The van der Waals surface area contributed by atoms with Gasteiger partial charge in [-0.1, -0.05) is 12.8 Å². The van der Waals surface area contributed by atoms with Crippen molar-refractivity contribution in [3.63, 3.8) is 0 Å². The van der Waals surface area contributed by atoms with Gasteiger partial charge in [0.2, 0.25) is 0 Å². The van der Waals surface area contributed by atoms with Gasteiger partial charge in [0.25, 0.3) is 0 Å². The van der Waals surface area contributed by atoms with Crippen LogP contribution in [0.3, 0.4) is 0 Å². The van der Waals surface area contributed by atoms with Gasteiger partial charge in [0, 0.05) is 6.54 Å². The number of rotatable bonds is 11. The van der Waals surface area contributed by atoms with Crippen molar-refractivity contribution in [1.29, 1.82) is 0 Å². The van der Waals surface area contributed by atoms with Gasteiger partial charge in [0.1, 0.15) is 0 Å². The molecule has 0 radical (unpaired) electrons. The maximum Gasteiger partial charge on any atom is 0.330 e. The molecular formula is C11H22NO3PS. The third-order valence-electron chi connectivity index (χ3n) is 2.17. The average molecular weight is 279 g/mol. The molecule has 0 unspecified atom stereocenters. The summed E-state index contributed by atoms with van der Waals surface area (Å²) in [7, 11) is -2.83. The lowest BCUT2D eigenvalue weighted by molar-refractivity contribution is 0.219. The number of nitrogens with zero attached hydrogens (tertiary/aromatic N) is 1. The number of aliphatic imine (C=N–C) groups is 1. The van der Waals surface area contributed by atoms with Crippen molar-refractivity contribution in [2.45, 2.75) is 39.5 Å². The van der Waals surface area contributed by atoms with Gasteiger partial charge in [0.05, 0.1) is 24.5 Å². The number of hydrogen-bond donors (Lipinski definition) is 0. The molecule has 0 aromatic rings. The smallest absolute Gasteiger partial charge is 0.309 e. The van der Waals surface area contributed by atoms with E-state index in [-0.39, 0.29) is 0 Å². The summed E-state index contributed by atoms with van der Waals surface area (Å²) in [6, 6.07) is 0. The third kappa shape index (κ3) is 9.63. The van der Waals surface area contributed by atoms with E-state index in [4.69, 9.17) is 9.05 Å². The van der Waals surface area contributed by atoms with Crippen LogP contribution in [-0.2, 0) is 13.6 Å². The molecule has 0 heterocycles. The molecule has 0 fully saturated rings. The second kappa shape index (κ2) is 11.1. The zero-order valence-electron chi connectivity index (χ0n) is 10.7. The lowest BCUT2D eigenvalue weighted by Gasteiger charge is -2.16. The molecule has 0 aliphatic heterocycles. The molecule has 0 spiro atoms. The van der Waals surface area contributed by atoms with Crippen molar-refractivity contribution in [1.82, 2.24) is 0 Å². The van der Waals surface area contributed by atoms with Crippen LogP contribution in [0.4, 0.5) is 0 Å². The lowest BCUT2D eigenvalue weighted by atomic mass is 10.2. The minimum Gasteiger partial charge on any atom is -0.309 e. The monoisotopic (exact) mass is 279 g/mol. The topological polar surface area (TPSA) is 47.9 Å². The molecule has 0 aromatic heterocycles. The Kier molecular flexibility index (Phi) is 11.0. The first kappa shape index (κ1) is 16.9. The highest BCUT2D eigenvalue weighted by Crippen LogP contribution is 2.48. The van der Waals surface area contributed by atoms with E-state index in [1.807, 2.05) is 13.8 Å². The van der Waals surface area contributed by atoms with Gasteiger partial charge in [-0.05, 0) is 38.9 Å². The fourth-order valence-corrected chi connectivity index (χ4v) is 3.28. The van der Waals surface area contributed by atoms with Gasteiger partial charge >= 0.3 is 7.60 Å². The molecule has 0 aliphatic carbocycles. The van der Waals surface area contributed by atoms with Gasteiger partial charge in [-0.25, -0.2) is 4.99 Å². The highest BCUT2D eigenvalue weighted by molar-refractivity contribution is 7.78. The highest BCUT2D eigenvalue weighted by atomic mass is 32.1.